The fourth-order valence-corrected chi connectivity index (χ4v) is 1.67. The Balaban J connectivity index is 2.53. The summed E-state index contributed by atoms with van der Waals surface area (Å²) in [5, 5.41) is 9.10. The lowest BCUT2D eigenvalue weighted by atomic mass is 10.0. The number of likely N-dealkylation sites (tertiary alicyclic amines) is 1. The fraction of sp³-hybridized carbons (Fsp3) is 0.889. The number of rotatable bonds is 1. The number of hydrogen-bond acceptors (Lipinski definition) is 2. The molecule has 3 heteroatoms. The van der Waals surface area contributed by atoms with Gasteiger partial charge in [0.15, 0.2) is 0 Å². The molecule has 1 aliphatic heterocycles. The molecule has 0 aliphatic carbocycles. The van der Waals surface area contributed by atoms with Crippen LogP contribution in [-0.2, 0) is 4.79 Å². The smallest absolute Gasteiger partial charge is 0.251 e. The van der Waals surface area contributed by atoms with Crippen molar-refractivity contribution < 1.29 is 9.90 Å². The zero-order valence-corrected chi connectivity index (χ0v) is 7.79. The zero-order valence-electron chi connectivity index (χ0n) is 7.79. The summed E-state index contributed by atoms with van der Waals surface area (Å²) in [6.45, 7) is 4.38. The summed E-state index contributed by atoms with van der Waals surface area (Å²) < 4.78 is 0. The van der Waals surface area contributed by atoms with Gasteiger partial charge in [-0.25, -0.2) is 0 Å². The molecule has 70 valence electrons. The van der Waals surface area contributed by atoms with E-state index < -0.39 is 6.10 Å². The number of amides is 1. The van der Waals surface area contributed by atoms with Crippen LogP contribution in [0.25, 0.3) is 0 Å². The van der Waals surface area contributed by atoms with Crippen LogP contribution in [-0.4, -0.2) is 34.6 Å². The Morgan fingerprint density at radius 2 is 2.25 bits per heavy atom. The number of nitrogens with zero attached hydrogens (tertiary/aromatic N) is 1. The maximum absolute atomic E-state index is 11.4. The lowest BCUT2D eigenvalue weighted by Crippen LogP contribution is -2.46. The quantitative estimate of drug-likeness (QED) is 0.633. The molecule has 0 bridgehead atoms. The van der Waals surface area contributed by atoms with Crippen LogP contribution < -0.4 is 0 Å². The first kappa shape index (κ1) is 9.52. The van der Waals surface area contributed by atoms with Crippen molar-refractivity contribution in [2.24, 2.45) is 0 Å². The minimum Gasteiger partial charge on any atom is -0.384 e. The molecule has 0 aromatic carbocycles. The number of piperidine rings is 1. The van der Waals surface area contributed by atoms with Gasteiger partial charge in [0.05, 0.1) is 0 Å². The normalized spacial score (nSPS) is 26.9. The number of aliphatic hydroxyl groups is 1. The van der Waals surface area contributed by atoms with Crippen molar-refractivity contribution in [3.63, 3.8) is 0 Å². The molecule has 1 aliphatic rings. The molecule has 1 rings (SSSR count). The van der Waals surface area contributed by atoms with E-state index in [-0.39, 0.29) is 5.91 Å². The zero-order chi connectivity index (χ0) is 9.14. The Kier molecular flexibility index (Phi) is 3.09. The standard InChI is InChI=1S/C9H17NO2/c1-7-5-3-4-6-10(7)9(12)8(2)11/h7-8,11H,3-6H2,1-2H3/t7-,8+/m1/s1. The van der Waals surface area contributed by atoms with Gasteiger partial charge in [-0.2, -0.15) is 0 Å². The van der Waals surface area contributed by atoms with Crippen molar-refractivity contribution in [3.8, 4) is 0 Å². The van der Waals surface area contributed by atoms with E-state index in [4.69, 9.17) is 5.11 Å². The topological polar surface area (TPSA) is 40.5 Å². The first-order valence-electron chi connectivity index (χ1n) is 4.61. The molecule has 12 heavy (non-hydrogen) atoms. The summed E-state index contributed by atoms with van der Waals surface area (Å²) in [4.78, 5) is 13.2. The monoisotopic (exact) mass is 171 g/mol. The van der Waals surface area contributed by atoms with E-state index in [1.165, 1.54) is 13.3 Å². The van der Waals surface area contributed by atoms with E-state index in [1.807, 2.05) is 6.92 Å². The maximum Gasteiger partial charge on any atom is 0.251 e. The van der Waals surface area contributed by atoms with Gasteiger partial charge < -0.3 is 10.0 Å². The van der Waals surface area contributed by atoms with E-state index in [1.54, 1.807) is 4.90 Å². The second-order valence-corrected chi connectivity index (χ2v) is 3.55. The summed E-state index contributed by atoms with van der Waals surface area (Å²) >= 11 is 0. The lowest BCUT2D eigenvalue weighted by molar-refractivity contribution is -0.142. The number of hydrogen-bond donors (Lipinski definition) is 1. The van der Waals surface area contributed by atoms with Crippen LogP contribution in [0.5, 0.6) is 0 Å². The van der Waals surface area contributed by atoms with E-state index >= 15 is 0 Å². The molecule has 0 aromatic heterocycles. The van der Waals surface area contributed by atoms with E-state index in [0.717, 1.165) is 19.4 Å². The summed E-state index contributed by atoms with van der Waals surface area (Å²) in [6, 6.07) is 0.306. The number of carbonyl (C=O) groups is 1. The summed E-state index contributed by atoms with van der Waals surface area (Å²) in [6.07, 6.45) is 2.50. The minimum atomic E-state index is -0.842. The van der Waals surface area contributed by atoms with Gasteiger partial charge in [-0.3, -0.25) is 4.79 Å². The highest BCUT2D eigenvalue weighted by molar-refractivity contribution is 5.80. The largest absolute Gasteiger partial charge is 0.384 e. The van der Waals surface area contributed by atoms with Crippen LogP contribution in [0.1, 0.15) is 33.1 Å². The number of carbonyl (C=O) groups excluding carboxylic acids is 1. The minimum absolute atomic E-state index is 0.123. The fourth-order valence-electron chi connectivity index (χ4n) is 1.67. The van der Waals surface area contributed by atoms with Gasteiger partial charge in [0.25, 0.3) is 5.91 Å². The first-order chi connectivity index (χ1) is 5.63. The van der Waals surface area contributed by atoms with Crippen molar-refractivity contribution in [1.29, 1.82) is 0 Å². The van der Waals surface area contributed by atoms with Gasteiger partial charge in [-0.1, -0.05) is 0 Å². The second-order valence-electron chi connectivity index (χ2n) is 3.55. The summed E-state index contributed by atoms with van der Waals surface area (Å²) in [5.74, 6) is -0.123. The van der Waals surface area contributed by atoms with Gasteiger partial charge in [-0.05, 0) is 33.1 Å². The van der Waals surface area contributed by atoms with Gasteiger partial charge >= 0.3 is 0 Å². The predicted molar refractivity (Wildman–Crippen MR) is 46.7 cm³/mol. The highest BCUT2D eigenvalue weighted by Gasteiger charge is 2.25. The van der Waals surface area contributed by atoms with E-state index in [9.17, 15) is 4.79 Å². The molecule has 1 fully saturated rings. The molecule has 1 saturated heterocycles. The van der Waals surface area contributed by atoms with Gasteiger partial charge in [0.2, 0.25) is 0 Å². The molecule has 0 unspecified atom stereocenters. The van der Waals surface area contributed by atoms with Crippen molar-refractivity contribution >= 4 is 5.91 Å². The van der Waals surface area contributed by atoms with Crippen molar-refractivity contribution in [3.05, 3.63) is 0 Å². The Hall–Kier alpha value is -0.570. The Morgan fingerprint density at radius 3 is 2.75 bits per heavy atom. The molecule has 0 saturated carbocycles. The molecular formula is C9H17NO2. The predicted octanol–water partition coefficient (Wildman–Crippen LogP) is 0.768. The third-order valence-electron chi connectivity index (χ3n) is 2.44. The Morgan fingerprint density at radius 1 is 1.58 bits per heavy atom. The highest BCUT2D eigenvalue weighted by Crippen LogP contribution is 2.16. The molecule has 0 aromatic rings. The van der Waals surface area contributed by atoms with Crippen LogP contribution in [0.4, 0.5) is 0 Å². The van der Waals surface area contributed by atoms with Crippen LogP contribution in [0.15, 0.2) is 0 Å². The third kappa shape index (κ3) is 1.97. The van der Waals surface area contributed by atoms with Crippen molar-refractivity contribution in [2.75, 3.05) is 6.54 Å². The molecule has 3 nitrogen and oxygen atoms in total. The molecule has 1 heterocycles. The molecule has 1 N–H and O–H groups in total. The lowest BCUT2D eigenvalue weighted by Gasteiger charge is -2.34. The summed E-state index contributed by atoms with van der Waals surface area (Å²) in [7, 11) is 0. The Labute approximate surface area is 73.4 Å². The summed E-state index contributed by atoms with van der Waals surface area (Å²) in [5.41, 5.74) is 0. The first-order valence-corrected chi connectivity index (χ1v) is 4.61. The SMILES string of the molecule is C[C@H](O)C(=O)N1CCCC[C@H]1C. The highest BCUT2D eigenvalue weighted by atomic mass is 16.3. The molecular weight excluding hydrogens is 154 g/mol. The van der Waals surface area contributed by atoms with Gasteiger partial charge in [-0.15, -0.1) is 0 Å². The maximum atomic E-state index is 11.4. The molecule has 2 atom stereocenters. The third-order valence-corrected chi connectivity index (χ3v) is 2.44. The van der Waals surface area contributed by atoms with Gasteiger partial charge in [0, 0.05) is 12.6 Å². The van der Waals surface area contributed by atoms with Crippen LogP contribution in [0.3, 0.4) is 0 Å². The average Bonchev–Trinajstić information content (AvgIpc) is 2.04. The number of aliphatic hydroxyl groups excluding tert-OH is 1. The van der Waals surface area contributed by atoms with E-state index in [2.05, 4.69) is 0 Å². The Bertz CT molecular complexity index is 168. The molecule has 1 amide bonds. The van der Waals surface area contributed by atoms with E-state index in [0.29, 0.717) is 6.04 Å². The van der Waals surface area contributed by atoms with Gasteiger partial charge in [0.1, 0.15) is 6.10 Å². The van der Waals surface area contributed by atoms with Crippen LogP contribution in [0.2, 0.25) is 0 Å². The molecule has 0 spiro atoms. The van der Waals surface area contributed by atoms with Crippen LogP contribution in [0, 0.1) is 0 Å². The molecule has 0 radical (unpaired) electrons. The second kappa shape index (κ2) is 3.90. The van der Waals surface area contributed by atoms with Crippen LogP contribution >= 0.6 is 0 Å². The van der Waals surface area contributed by atoms with Crippen molar-refractivity contribution in [1.82, 2.24) is 4.90 Å². The average molecular weight is 171 g/mol. The van der Waals surface area contributed by atoms with Crippen molar-refractivity contribution in [2.45, 2.75) is 45.3 Å².